The van der Waals surface area contributed by atoms with Gasteiger partial charge in [0.05, 0.1) is 10.9 Å². The molecule has 2 aromatic rings. The molecule has 0 atom stereocenters. The fourth-order valence-electron chi connectivity index (χ4n) is 3.25. The Hall–Kier alpha value is -2.80. The van der Waals surface area contributed by atoms with Gasteiger partial charge >= 0.3 is 7.60 Å². The van der Waals surface area contributed by atoms with E-state index in [0.717, 1.165) is 0 Å². The highest BCUT2D eigenvalue weighted by Gasteiger charge is 2.31. The van der Waals surface area contributed by atoms with Crippen molar-refractivity contribution in [3.05, 3.63) is 46.4 Å². The van der Waals surface area contributed by atoms with Crippen LogP contribution in [-0.4, -0.2) is 31.7 Å². The van der Waals surface area contributed by atoms with Gasteiger partial charge in [0, 0.05) is 43.5 Å². The summed E-state index contributed by atoms with van der Waals surface area (Å²) in [5.74, 6) is -0.847. The highest BCUT2D eigenvalue weighted by Crippen LogP contribution is 2.46. The number of hydrogen-bond donors (Lipinski definition) is 1. The average Bonchev–Trinajstić information content (AvgIpc) is 3.18. The quantitative estimate of drug-likeness (QED) is 0.434. The number of carbonyl (C=O) groups is 3. The van der Waals surface area contributed by atoms with Crippen molar-refractivity contribution >= 4 is 47.7 Å². The van der Waals surface area contributed by atoms with Crippen LogP contribution in [0.5, 0.6) is 0 Å². The van der Waals surface area contributed by atoms with Crippen molar-refractivity contribution in [1.82, 2.24) is 0 Å². The monoisotopic (exact) mass is 417 g/mol. The Morgan fingerprint density at radius 3 is 2.34 bits per heavy atom. The molecule has 0 fully saturated rings. The van der Waals surface area contributed by atoms with Gasteiger partial charge in [-0.2, -0.15) is 0 Å². The van der Waals surface area contributed by atoms with Crippen molar-refractivity contribution in [3.8, 4) is 0 Å². The molecule has 0 spiro atoms. The van der Waals surface area contributed by atoms with E-state index < -0.39 is 13.5 Å². The van der Waals surface area contributed by atoms with Gasteiger partial charge in [-0.1, -0.05) is 0 Å². The van der Waals surface area contributed by atoms with Gasteiger partial charge < -0.3 is 18.8 Å². The van der Waals surface area contributed by atoms with Gasteiger partial charge in [0.15, 0.2) is 17.3 Å². The van der Waals surface area contributed by atoms with E-state index in [0.29, 0.717) is 22.6 Å². The number of benzene rings is 1. The molecule has 0 radical (unpaired) electrons. The third kappa shape index (κ3) is 3.51. The number of nitrogens with one attached hydrogen (secondary N) is 1. The van der Waals surface area contributed by atoms with Crippen LogP contribution in [0.1, 0.15) is 51.6 Å². The maximum atomic E-state index is 12.7. The third-order valence-corrected chi connectivity index (χ3v) is 6.55. The van der Waals surface area contributed by atoms with Crippen LogP contribution in [0.4, 0.5) is 5.69 Å². The van der Waals surface area contributed by atoms with E-state index in [2.05, 4.69) is 5.32 Å². The number of amides is 1. The summed E-state index contributed by atoms with van der Waals surface area (Å²) in [6.45, 7) is 4.24. The largest absolute Gasteiger partial charge is 0.457 e. The van der Waals surface area contributed by atoms with Gasteiger partial charge in [-0.3, -0.25) is 18.9 Å². The van der Waals surface area contributed by atoms with Gasteiger partial charge in [0.1, 0.15) is 5.76 Å². The van der Waals surface area contributed by atoms with Gasteiger partial charge in [0.2, 0.25) is 0 Å². The first-order chi connectivity index (χ1) is 13.6. The fraction of sp³-hybridized carbons (Fsp3) is 0.250. The lowest BCUT2D eigenvalue weighted by Crippen LogP contribution is -2.08. The lowest BCUT2D eigenvalue weighted by molar-refractivity contribution is -0.110. The summed E-state index contributed by atoms with van der Waals surface area (Å²) in [6.07, 6.45) is 1.50. The van der Waals surface area contributed by atoms with Crippen molar-refractivity contribution < 1.29 is 32.4 Å². The second-order valence-corrected chi connectivity index (χ2v) is 8.73. The summed E-state index contributed by atoms with van der Waals surface area (Å²) in [4.78, 5) is 36.6. The highest BCUT2D eigenvalue weighted by molar-refractivity contribution is 7.62. The van der Waals surface area contributed by atoms with Gasteiger partial charge in [-0.15, -0.1) is 0 Å². The lowest BCUT2D eigenvalue weighted by atomic mass is 9.99. The van der Waals surface area contributed by atoms with Crippen LogP contribution in [0.15, 0.2) is 22.6 Å². The molecule has 0 aliphatic carbocycles. The minimum atomic E-state index is -3.52. The summed E-state index contributed by atoms with van der Waals surface area (Å²) >= 11 is 0. The molecule has 2 heterocycles. The van der Waals surface area contributed by atoms with Crippen molar-refractivity contribution in [2.45, 2.75) is 20.8 Å². The van der Waals surface area contributed by atoms with E-state index in [4.69, 9.17) is 13.5 Å². The molecule has 1 aliphatic heterocycles. The van der Waals surface area contributed by atoms with Gasteiger partial charge in [-0.05, 0) is 38.1 Å². The Bertz CT molecular complexity index is 1120. The Morgan fingerprint density at radius 2 is 1.79 bits per heavy atom. The first-order valence-electron chi connectivity index (χ1n) is 8.67. The summed E-state index contributed by atoms with van der Waals surface area (Å²) in [5, 5.41) is 3.00. The second-order valence-electron chi connectivity index (χ2n) is 6.49. The minimum absolute atomic E-state index is 0.0440. The van der Waals surface area contributed by atoms with Crippen molar-refractivity contribution in [2.75, 3.05) is 19.5 Å². The number of hydrogen-bond acceptors (Lipinski definition) is 7. The number of ketones is 2. The second kappa shape index (κ2) is 7.55. The maximum Gasteiger partial charge on any atom is 0.360 e. The Kier molecular flexibility index (Phi) is 5.45. The summed E-state index contributed by atoms with van der Waals surface area (Å²) in [5.41, 5.74) is 1.71. The number of carbonyl (C=O) groups excluding carboxylic acids is 3. The molecule has 152 valence electrons. The maximum absolute atomic E-state index is 12.7. The van der Waals surface area contributed by atoms with Crippen molar-refractivity contribution in [1.29, 1.82) is 0 Å². The van der Waals surface area contributed by atoms with Crippen molar-refractivity contribution in [2.24, 2.45) is 0 Å². The molecule has 0 bridgehead atoms. The molecule has 1 amide bonds. The summed E-state index contributed by atoms with van der Waals surface area (Å²) in [6, 6.07) is 4.69. The lowest BCUT2D eigenvalue weighted by Gasteiger charge is -2.14. The topological polar surface area (TPSA) is 112 Å². The molecular formula is C20H20NO7P. The Labute approximate surface area is 167 Å². The van der Waals surface area contributed by atoms with E-state index in [9.17, 15) is 18.9 Å². The van der Waals surface area contributed by atoms with E-state index in [1.165, 1.54) is 34.1 Å². The predicted molar refractivity (Wildman–Crippen MR) is 108 cm³/mol. The zero-order valence-electron chi connectivity index (χ0n) is 16.6. The molecule has 1 aliphatic rings. The van der Waals surface area contributed by atoms with Crippen molar-refractivity contribution in [3.63, 3.8) is 0 Å². The van der Waals surface area contributed by atoms with Gasteiger partial charge in [0.25, 0.3) is 5.91 Å². The van der Waals surface area contributed by atoms with E-state index in [1.54, 1.807) is 25.1 Å². The summed E-state index contributed by atoms with van der Waals surface area (Å²) < 4.78 is 28.2. The zero-order chi connectivity index (χ0) is 21.5. The minimum Gasteiger partial charge on any atom is -0.457 e. The smallest absolute Gasteiger partial charge is 0.360 e. The molecule has 0 saturated heterocycles. The van der Waals surface area contributed by atoms with Crippen LogP contribution in [0.3, 0.4) is 0 Å². The van der Waals surface area contributed by atoms with E-state index in [1.807, 2.05) is 0 Å². The summed E-state index contributed by atoms with van der Waals surface area (Å²) in [7, 11) is -0.976. The number of rotatable bonds is 6. The van der Waals surface area contributed by atoms with Crippen LogP contribution in [0.25, 0.3) is 11.6 Å². The molecule has 1 aromatic heterocycles. The first kappa shape index (κ1) is 20.9. The molecule has 0 unspecified atom stereocenters. The van der Waals surface area contributed by atoms with E-state index >= 15 is 0 Å². The van der Waals surface area contributed by atoms with Crippen LogP contribution >= 0.6 is 7.60 Å². The highest BCUT2D eigenvalue weighted by atomic mass is 31.2. The molecule has 1 N–H and O–H groups in total. The van der Waals surface area contributed by atoms with Crippen LogP contribution in [0.2, 0.25) is 0 Å². The number of anilines is 1. The fourth-order valence-corrected chi connectivity index (χ4v) is 4.36. The van der Waals surface area contributed by atoms with Crippen LogP contribution < -0.4 is 10.6 Å². The van der Waals surface area contributed by atoms with Gasteiger partial charge in [-0.25, -0.2) is 0 Å². The predicted octanol–water partition coefficient (Wildman–Crippen LogP) is 3.60. The normalized spacial score (nSPS) is 14.8. The average molecular weight is 417 g/mol. The van der Waals surface area contributed by atoms with Crippen LogP contribution in [-0.2, 0) is 18.4 Å². The first-order valence-corrected chi connectivity index (χ1v) is 10.2. The van der Waals surface area contributed by atoms with Crippen LogP contribution in [0, 0.1) is 6.92 Å². The number of furan rings is 1. The Balaban J connectivity index is 2.22. The number of Topliss-reactive ketones (excluding diaryl/α,β-unsaturated/α-hetero) is 2. The number of fused-ring (bicyclic) bond motifs is 1. The van der Waals surface area contributed by atoms with E-state index in [-0.39, 0.29) is 33.8 Å². The third-order valence-electron chi connectivity index (χ3n) is 4.67. The molecule has 9 heteroatoms. The molecule has 1 aromatic carbocycles. The SMILES string of the molecule is COP(=O)(OC)c1ccc2c(c1)/C(=C\c1c(C)oc(C(C)=O)c1C(C)=O)C(=O)N2. The molecular weight excluding hydrogens is 397 g/mol. The molecule has 0 saturated carbocycles. The Morgan fingerprint density at radius 1 is 1.14 bits per heavy atom. The molecule has 8 nitrogen and oxygen atoms in total. The zero-order valence-corrected chi connectivity index (χ0v) is 17.5. The number of aryl methyl sites for hydroxylation is 1. The molecule has 3 rings (SSSR count). The molecule has 29 heavy (non-hydrogen) atoms. The standard InChI is InChI=1S/C20H20NO7P/c1-10(22)18-14(12(3)28-19(18)11(2)23)9-16-15-8-13(29(25,26-4)27-5)6-7-17(15)21-20(16)24/h6-9H,1-5H3,(H,21,24)/b16-9+.